The second-order valence-corrected chi connectivity index (χ2v) is 5.00. The standard InChI is InChI=1S/C14H16N4O3/c1-10(2)9-15-14(19)11-7-8-17(16-11)12-5-3-4-6-13(12)18(20)21/h3-8,10H,9H2,1-2H3,(H,15,19). The number of hydrogen-bond donors (Lipinski definition) is 1. The van der Waals surface area contributed by atoms with E-state index < -0.39 is 4.92 Å². The Morgan fingerprint density at radius 1 is 1.38 bits per heavy atom. The molecule has 0 aliphatic heterocycles. The molecule has 0 aliphatic rings. The van der Waals surface area contributed by atoms with Crippen molar-refractivity contribution < 1.29 is 9.72 Å². The quantitative estimate of drug-likeness (QED) is 0.674. The zero-order chi connectivity index (χ0) is 15.4. The van der Waals surface area contributed by atoms with E-state index in [9.17, 15) is 14.9 Å². The van der Waals surface area contributed by atoms with E-state index in [0.717, 1.165) is 0 Å². The molecular formula is C14H16N4O3. The molecule has 1 aromatic heterocycles. The van der Waals surface area contributed by atoms with Crippen LogP contribution in [0.4, 0.5) is 5.69 Å². The van der Waals surface area contributed by atoms with Crippen LogP contribution >= 0.6 is 0 Å². The van der Waals surface area contributed by atoms with E-state index in [4.69, 9.17) is 0 Å². The Morgan fingerprint density at radius 2 is 2.10 bits per heavy atom. The number of rotatable bonds is 5. The van der Waals surface area contributed by atoms with Crippen LogP contribution in [-0.2, 0) is 0 Å². The highest BCUT2D eigenvalue weighted by atomic mass is 16.6. The molecule has 0 fully saturated rings. The zero-order valence-electron chi connectivity index (χ0n) is 11.8. The molecule has 2 aromatic rings. The van der Waals surface area contributed by atoms with Crippen molar-refractivity contribution in [2.45, 2.75) is 13.8 Å². The first-order chi connectivity index (χ1) is 9.99. The number of amides is 1. The summed E-state index contributed by atoms with van der Waals surface area (Å²) in [4.78, 5) is 22.4. The first-order valence-corrected chi connectivity index (χ1v) is 6.56. The number of carbonyl (C=O) groups excluding carboxylic acids is 1. The molecule has 1 aromatic carbocycles. The summed E-state index contributed by atoms with van der Waals surface area (Å²) in [6.07, 6.45) is 1.53. The van der Waals surface area contributed by atoms with Crippen LogP contribution in [0.25, 0.3) is 5.69 Å². The van der Waals surface area contributed by atoms with Crippen molar-refractivity contribution in [3.05, 3.63) is 52.3 Å². The van der Waals surface area contributed by atoms with Crippen LogP contribution in [0.1, 0.15) is 24.3 Å². The van der Waals surface area contributed by atoms with Crippen LogP contribution in [0.15, 0.2) is 36.5 Å². The summed E-state index contributed by atoms with van der Waals surface area (Å²) in [5.74, 6) is 0.0484. The van der Waals surface area contributed by atoms with E-state index in [2.05, 4.69) is 10.4 Å². The van der Waals surface area contributed by atoms with Gasteiger partial charge in [0.1, 0.15) is 5.69 Å². The molecule has 0 saturated heterocycles. The van der Waals surface area contributed by atoms with Gasteiger partial charge in [-0.15, -0.1) is 0 Å². The number of aromatic nitrogens is 2. The third-order valence-corrected chi connectivity index (χ3v) is 2.82. The van der Waals surface area contributed by atoms with Crippen LogP contribution < -0.4 is 5.32 Å². The summed E-state index contributed by atoms with van der Waals surface area (Å²) in [6, 6.07) is 7.78. The van der Waals surface area contributed by atoms with Gasteiger partial charge in [-0.25, -0.2) is 4.68 Å². The number of nitrogens with zero attached hydrogens (tertiary/aromatic N) is 3. The lowest BCUT2D eigenvalue weighted by atomic mass is 10.2. The largest absolute Gasteiger partial charge is 0.350 e. The van der Waals surface area contributed by atoms with Gasteiger partial charge in [-0.2, -0.15) is 5.10 Å². The molecular weight excluding hydrogens is 272 g/mol. The van der Waals surface area contributed by atoms with Gasteiger partial charge in [-0.05, 0) is 18.1 Å². The van der Waals surface area contributed by atoms with Crippen LogP contribution in [0.5, 0.6) is 0 Å². The van der Waals surface area contributed by atoms with Gasteiger partial charge in [0.2, 0.25) is 0 Å². The van der Waals surface area contributed by atoms with Gasteiger partial charge in [-0.3, -0.25) is 14.9 Å². The summed E-state index contributed by atoms with van der Waals surface area (Å²) in [7, 11) is 0. The molecule has 0 aliphatic carbocycles. The second-order valence-electron chi connectivity index (χ2n) is 5.00. The van der Waals surface area contributed by atoms with Crippen molar-refractivity contribution >= 4 is 11.6 Å². The molecule has 0 atom stereocenters. The zero-order valence-corrected chi connectivity index (χ0v) is 11.8. The van der Waals surface area contributed by atoms with Crippen molar-refractivity contribution in [3.8, 4) is 5.69 Å². The molecule has 1 N–H and O–H groups in total. The van der Waals surface area contributed by atoms with Crippen molar-refractivity contribution in [2.75, 3.05) is 6.54 Å². The Balaban J connectivity index is 2.24. The van der Waals surface area contributed by atoms with Gasteiger partial charge in [0.25, 0.3) is 11.6 Å². The van der Waals surface area contributed by atoms with Crippen molar-refractivity contribution in [1.29, 1.82) is 0 Å². The minimum Gasteiger partial charge on any atom is -0.350 e. The van der Waals surface area contributed by atoms with Gasteiger partial charge >= 0.3 is 0 Å². The number of nitro benzene ring substituents is 1. The fourth-order valence-electron chi connectivity index (χ4n) is 1.78. The normalized spacial score (nSPS) is 10.6. The first-order valence-electron chi connectivity index (χ1n) is 6.56. The summed E-state index contributed by atoms with van der Waals surface area (Å²) in [5, 5.41) is 17.9. The van der Waals surface area contributed by atoms with E-state index in [-0.39, 0.29) is 17.3 Å². The fraction of sp³-hybridized carbons (Fsp3) is 0.286. The maximum atomic E-state index is 11.9. The third kappa shape index (κ3) is 3.44. The number of hydrogen-bond acceptors (Lipinski definition) is 4. The van der Waals surface area contributed by atoms with E-state index >= 15 is 0 Å². The Hall–Kier alpha value is -2.70. The number of para-hydroxylation sites is 2. The van der Waals surface area contributed by atoms with E-state index in [1.807, 2.05) is 13.8 Å². The Labute approximate surface area is 121 Å². The van der Waals surface area contributed by atoms with Crippen LogP contribution in [-0.4, -0.2) is 27.2 Å². The number of benzene rings is 1. The molecule has 110 valence electrons. The summed E-state index contributed by atoms with van der Waals surface area (Å²) in [6.45, 7) is 4.54. The van der Waals surface area contributed by atoms with Gasteiger partial charge < -0.3 is 5.32 Å². The monoisotopic (exact) mass is 288 g/mol. The highest BCUT2D eigenvalue weighted by molar-refractivity contribution is 5.92. The highest BCUT2D eigenvalue weighted by Gasteiger charge is 2.16. The lowest BCUT2D eigenvalue weighted by Crippen LogP contribution is -2.27. The molecule has 0 radical (unpaired) electrons. The molecule has 7 nitrogen and oxygen atoms in total. The number of nitrogens with one attached hydrogen (secondary N) is 1. The predicted octanol–water partition coefficient (Wildman–Crippen LogP) is 2.17. The second kappa shape index (κ2) is 6.17. The fourth-order valence-corrected chi connectivity index (χ4v) is 1.78. The average molecular weight is 288 g/mol. The molecule has 0 saturated carbocycles. The van der Waals surface area contributed by atoms with Crippen LogP contribution in [0.3, 0.4) is 0 Å². The van der Waals surface area contributed by atoms with Gasteiger partial charge in [0, 0.05) is 18.8 Å². The lowest BCUT2D eigenvalue weighted by molar-refractivity contribution is -0.384. The molecule has 7 heteroatoms. The number of carbonyl (C=O) groups is 1. The molecule has 2 rings (SSSR count). The summed E-state index contributed by atoms with van der Waals surface area (Å²) >= 11 is 0. The van der Waals surface area contributed by atoms with E-state index in [1.165, 1.54) is 23.0 Å². The van der Waals surface area contributed by atoms with E-state index in [0.29, 0.717) is 18.2 Å². The summed E-state index contributed by atoms with van der Waals surface area (Å²) < 4.78 is 1.34. The molecule has 1 heterocycles. The molecule has 0 spiro atoms. The molecule has 0 unspecified atom stereocenters. The molecule has 1 amide bonds. The number of nitro groups is 1. The first kappa shape index (κ1) is 14.7. The maximum absolute atomic E-state index is 11.9. The van der Waals surface area contributed by atoms with Crippen molar-refractivity contribution in [1.82, 2.24) is 15.1 Å². The Morgan fingerprint density at radius 3 is 2.76 bits per heavy atom. The highest BCUT2D eigenvalue weighted by Crippen LogP contribution is 2.21. The van der Waals surface area contributed by atoms with Crippen LogP contribution in [0, 0.1) is 16.0 Å². The Bertz CT molecular complexity index is 664. The van der Waals surface area contributed by atoms with Gasteiger partial charge in [0.15, 0.2) is 5.69 Å². The van der Waals surface area contributed by atoms with Crippen LogP contribution in [0.2, 0.25) is 0 Å². The molecule has 21 heavy (non-hydrogen) atoms. The Kier molecular flexibility index (Phi) is 4.32. The summed E-state index contributed by atoms with van der Waals surface area (Å²) in [5.41, 5.74) is 0.494. The van der Waals surface area contributed by atoms with E-state index in [1.54, 1.807) is 18.2 Å². The smallest absolute Gasteiger partial charge is 0.294 e. The average Bonchev–Trinajstić information content (AvgIpc) is 2.94. The predicted molar refractivity (Wildman–Crippen MR) is 77.4 cm³/mol. The van der Waals surface area contributed by atoms with Crippen molar-refractivity contribution in [2.24, 2.45) is 5.92 Å². The third-order valence-electron chi connectivity index (χ3n) is 2.82. The van der Waals surface area contributed by atoms with Gasteiger partial charge in [0.05, 0.1) is 4.92 Å². The minimum absolute atomic E-state index is 0.0604. The van der Waals surface area contributed by atoms with Crippen molar-refractivity contribution in [3.63, 3.8) is 0 Å². The maximum Gasteiger partial charge on any atom is 0.294 e. The minimum atomic E-state index is -0.477. The molecule has 0 bridgehead atoms. The lowest BCUT2D eigenvalue weighted by Gasteiger charge is -2.05. The SMILES string of the molecule is CC(C)CNC(=O)c1ccn(-c2ccccc2[N+](=O)[O-])n1. The topological polar surface area (TPSA) is 90.1 Å². The van der Waals surface area contributed by atoms with Gasteiger partial charge in [-0.1, -0.05) is 26.0 Å².